The molecule has 126 valence electrons. The van der Waals surface area contributed by atoms with Gasteiger partial charge >= 0.3 is 6.03 Å². The molecular weight excluding hydrogens is 302 g/mol. The molecule has 0 saturated heterocycles. The molecule has 0 aliphatic heterocycles. The number of urea groups is 1. The standard InChI is InChI=1S/C19H23N3O2/c1-13(2)21-19(24)22-17-11-7-6-10-16(17)18(23)20-12-15-9-5-4-8-14(15)3/h4-11,13H,12H2,1-3H3,(H,20,23)(H2,21,22,24). The number of hydrogen-bond donors (Lipinski definition) is 3. The molecule has 0 fully saturated rings. The van der Waals surface area contributed by atoms with Crippen LogP contribution in [0.1, 0.15) is 35.3 Å². The molecule has 5 nitrogen and oxygen atoms in total. The van der Waals surface area contributed by atoms with Gasteiger partial charge in [-0.05, 0) is 44.0 Å². The summed E-state index contributed by atoms with van der Waals surface area (Å²) in [6.07, 6.45) is 0. The summed E-state index contributed by atoms with van der Waals surface area (Å²) < 4.78 is 0. The van der Waals surface area contributed by atoms with E-state index < -0.39 is 0 Å². The Morgan fingerprint density at radius 2 is 1.67 bits per heavy atom. The van der Waals surface area contributed by atoms with Crippen LogP contribution in [-0.2, 0) is 6.54 Å². The summed E-state index contributed by atoms with van der Waals surface area (Å²) in [4.78, 5) is 24.3. The van der Waals surface area contributed by atoms with Crippen molar-refractivity contribution in [3.05, 3.63) is 65.2 Å². The maximum atomic E-state index is 12.5. The number of aryl methyl sites for hydroxylation is 1. The molecule has 0 aliphatic rings. The zero-order valence-electron chi connectivity index (χ0n) is 14.2. The van der Waals surface area contributed by atoms with E-state index in [0.717, 1.165) is 11.1 Å². The van der Waals surface area contributed by atoms with Crippen molar-refractivity contribution in [2.24, 2.45) is 0 Å². The first-order chi connectivity index (χ1) is 11.5. The fourth-order valence-electron chi connectivity index (χ4n) is 2.29. The summed E-state index contributed by atoms with van der Waals surface area (Å²) in [6.45, 7) is 6.20. The SMILES string of the molecule is Cc1ccccc1CNC(=O)c1ccccc1NC(=O)NC(C)C. The molecule has 5 heteroatoms. The number of para-hydroxylation sites is 1. The lowest BCUT2D eigenvalue weighted by Crippen LogP contribution is -2.35. The highest BCUT2D eigenvalue weighted by molar-refractivity contribution is 6.03. The van der Waals surface area contributed by atoms with Crippen molar-refractivity contribution in [2.75, 3.05) is 5.32 Å². The Kier molecular flexibility index (Phi) is 5.95. The molecule has 2 aromatic rings. The molecule has 0 spiro atoms. The van der Waals surface area contributed by atoms with Crippen molar-refractivity contribution < 1.29 is 9.59 Å². The summed E-state index contributed by atoms with van der Waals surface area (Å²) in [5, 5.41) is 8.36. The van der Waals surface area contributed by atoms with E-state index in [0.29, 0.717) is 17.8 Å². The Labute approximate surface area is 142 Å². The Bertz CT molecular complexity index is 726. The predicted octanol–water partition coefficient (Wildman–Crippen LogP) is 3.45. The molecule has 0 atom stereocenters. The quantitative estimate of drug-likeness (QED) is 0.788. The molecule has 2 rings (SSSR count). The second-order valence-corrected chi connectivity index (χ2v) is 5.91. The second-order valence-electron chi connectivity index (χ2n) is 5.91. The van der Waals surface area contributed by atoms with Crippen LogP contribution >= 0.6 is 0 Å². The Hall–Kier alpha value is -2.82. The lowest BCUT2D eigenvalue weighted by atomic mass is 10.1. The van der Waals surface area contributed by atoms with Gasteiger partial charge in [0.2, 0.25) is 0 Å². The molecule has 0 radical (unpaired) electrons. The highest BCUT2D eigenvalue weighted by Crippen LogP contribution is 2.15. The van der Waals surface area contributed by atoms with E-state index in [1.807, 2.05) is 45.0 Å². The molecule has 0 heterocycles. The summed E-state index contributed by atoms with van der Waals surface area (Å²) in [5.74, 6) is -0.223. The topological polar surface area (TPSA) is 70.2 Å². The highest BCUT2D eigenvalue weighted by Gasteiger charge is 2.13. The van der Waals surface area contributed by atoms with E-state index in [1.165, 1.54) is 0 Å². The number of carbonyl (C=O) groups is 2. The largest absolute Gasteiger partial charge is 0.348 e. The van der Waals surface area contributed by atoms with E-state index in [2.05, 4.69) is 16.0 Å². The van der Waals surface area contributed by atoms with E-state index >= 15 is 0 Å². The fraction of sp³-hybridized carbons (Fsp3) is 0.263. The van der Waals surface area contributed by atoms with Crippen LogP contribution in [0.15, 0.2) is 48.5 Å². The number of benzene rings is 2. The molecule has 0 saturated carbocycles. The summed E-state index contributed by atoms with van der Waals surface area (Å²) in [5.41, 5.74) is 3.11. The van der Waals surface area contributed by atoms with Crippen LogP contribution in [0, 0.1) is 6.92 Å². The first-order valence-corrected chi connectivity index (χ1v) is 7.96. The van der Waals surface area contributed by atoms with Gasteiger partial charge in [-0.15, -0.1) is 0 Å². The zero-order valence-corrected chi connectivity index (χ0v) is 14.2. The van der Waals surface area contributed by atoms with Gasteiger partial charge in [0.05, 0.1) is 11.3 Å². The smallest absolute Gasteiger partial charge is 0.319 e. The number of rotatable bonds is 5. The van der Waals surface area contributed by atoms with Gasteiger partial charge in [0.1, 0.15) is 0 Å². The van der Waals surface area contributed by atoms with Crippen LogP contribution < -0.4 is 16.0 Å². The maximum absolute atomic E-state index is 12.5. The lowest BCUT2D eigenvalue weighted by molar-refractivity contribution is 0.0951. The van der Waals surface area contributed by atoms with E-state index in [4.69, 9.17) is 0 Å². The van der Waals surface area contributed by atoms with E-state index in [1.54, 1.807) is 24.3 Å². The summed E-state index contributed by atoms with van der Waals surface area (Å²) in [6, 6.07) is 14.5. The van der Waals surface area contributed by atoms with Crippen LogP contribution in [0.3, 0.4) is 0 Å². The third-order valence-corrected chi connectivity index (χ3v) is 3.54. The van der Waals surface area contributed by atoms with Gasteiger partial charge in [0.25, 0.3) is 5.91 Å². The first kappa shape index (κ1) is 17.5. The van der Waals surface area contributed by atoms with Gasteiger partial charge < -0.3 is 16.0 Å². The molecule has 0 aliphatic carbocycles. The summed E-state index contributed by atoms with van der Waals surface area (Å²) in [7, 11) is 0. The molecule has 3 N–H and O–H groups in total. The second kappa shape index (κ2) is 8.15. The Morgan fingerprint density at radius 3 is 2.38 bits per heavy atom. The average molecular weight is 325 g/mol. The number of anilines is 1. The molecular formula is C19H23N3O2. The number of hydrogen-bond acceptors (Lipinski definition) is 2. The van der Waals surface area contributed by atoms with Crippen LogP contribution in [-0.4, -0.2) is 18.0 Å². The third-order valence-electron chi connectivity index (χ3n) is 3.54. The van der Waals surface area contributed by atoms with Crippen molar-refractivity contribution in [1.82, 2.24) is 10.6 Å². The van der Waals surface area contributed by atoms with E-state index in [-0.39, 0.29) is 18.0 Å². The maximum Gasteiger partial charge on any atom is 0.319 e. The van der Waals surface area contributed by atoms with Crippen molar-refractivity contribution in [1.29, 1.82) is 0 Å². The lowest BCUT2D eigenvalue weighted by Gasteiger charge is -2.14. The molecule has 0 bridgehead atoms. The minimum Gasteiger partial charge on any atom is -0.348 e. The van der Waals surface area contributed by atoms with Crippen molar-refractivity contribution in [2.45, 2.75) is 33.4 Å². The monoisotopic (exact) mass is 325 g/mol. The van der Waals surface area contributed by atoms with Crippen molar-refractivity contribution in [3.8, 4) is 0 Å². The van der Waals surface area contributed by atoms with E-state index in [9.17, 15) is 9.59 Å². The minimum absolute atomic E-state index is 0.0204. The third kappa shape index (κ3) is 4.84. The molecule has 24 heavy (non-hydrogen) atoms. The number of nitrogens with one attached hydrogen (secondary N) is 3. The van der Waals surface area contributed by atoms with Crippen LogP contribution in [0.5, 0.6) is 0 Å². The average Bonchev–Trinajstić information content (AvgIpc) is 2.53. The molecule has 0 unspecified atom stereocenters. The molecule has 2 aromatic carbocycles. The van der Waals surface area contributed by atoms with Gasteiger partial charge in [-0.1, -0.05) is 36.4 Å². The van der Waals surface area contributed by atoms with Gasteiger partial charge in [0.15, 0.2) is 0 Å². The fourth-order valence-corrected chi connectivity index (χ4v) is 2.29. The van der Waals surface area contributed by atoms with Gasteiger partial charge in [-0.2, -0.15) is 0 Å². The normalized spacial score (nSPS) is 10.3. The predicted molar refractivity (Wildman–Crippen MR) is 96.1 cm³/mol. The zero-order chi connectivity index (χ0) is 17.5. The van der Waals surface area contributed by atoms with Crippen LogP contribution in [0.2, 0.25) is 0 Å². The first-order valence-electron chi connectivity index (χ1n) is 7.96. The molecule has 0 aromatic heterocycles. The van der Waals surface area contributed by atoms with Gasteiger partial charge in [-0.25, -0.2) is 4.79 Å². The Morgan fingerprint density at radius 1 is 1.00 bits per heavy atom. The Balaban J connectivity index is 2.07. The van der Waals surface area contributed by atoms with Crippen molar-refractivity contribution in [3.63, 3.8) is 0 Å². The summed E-state index contributed by atoms with van der Waals surface area (Å²) >= 11 is 0. The van der Waals surface area contributed by atoms with Crippen LogP contribution in [0.4, 0.5) is 10.5 Å². The van der Waals surface area contributed by atoms with Crippen LogP contribution in [0.25, 0.3) is 0 Å². The van der Waals surface area contributed by atoms with Crippen molar-refractivity contribution >= 4 is 17.6 Å². The number of carbonyl (C=O) groups excluding carboxylic acids is 2. The number of amides is 3. The minimum atomic E-state index is -0.329. The van der Waals surface area contributed by atoms with Gasteiger partial charge in [0, 0.05) is 12.6 Å². The highest BCUT2D eigenvalue weighted by atomic mass is 16.2. The molecule has 3 amide bonds. The van der Waals surface area contributed by atoms with Gasteiger partial charge in [-0.3, -0.25) is 4.79 Å².